The predicted molar refractivity (Wildman–Crippen MR) is 127 cm³/mol. The summed E-state index contributed by atoms with van der Waals surface area (Å²) in [7, 11) is 0. The minimum atomic E-state index is -0.260. The molecule has 0 radical (unpaired) electrons. The van der Waals surface area contributed by atoms with Crippen molar-refractivity contribution >= 4 is 28.1 Å². The Morgan fingerprint density at radius 1 is 1.22 bits per heavy atom. The van der Waals surface area contributed by atoms with Gasteiger partial charge < -0.3 is 4.98 Å². The highest BCUT2D eigenvalue weighted by Crippen LogP contribution is 2.21. The molecule has 0 aliphatic carbocycles. The van der Waals surface area contributed by atoms with Gasteiger partial charge >= 0.3 is 0 Å². The molecule has 0 spiro atoms. The van der Waals surface area contributed by atoms with Gasteiger partial charge in [-0.05, 0) is 54.8 Å². The van der Waals surface area contributed by atoms with Gasteiger partial charge in [-0.3, -0.25) is 9.69 Å². The zero-order chi connectivity index (χ0) is 22.5. The Bertz CT molecular complexity index is 1070. The molecule has 0 saturated carbocycles. The number of likely N-dealkylation sites (tertiary alicyclic amines) is 1. The third kappa shape index (κ3) is 5.69. The Morgan fingerprint density at radius 2 is 1.91 bits per heavy atom. The Labute approximate surface area is 195 Å². The van der Waals surface area contributed by atoms with Crippen LogP contribution in [0.3, 0.4) is 0 Å². The SMILES string of the molecule is CC(=O)N(/N=C/c1ccc(Br)cc1)C1CCN(Cc2cnc(-c3ccc(F)cc3)[nH]2)CC1. The standard InChI is InChI=1S/C24H25BrFN5O/c1-17(32)31(28-14-18-2-6-20(25)7-3-18)23-10-12-30(13-11-23)16-22-15-27-24(29-22)19-4-8-21(26)9-5-19/h2-9,14-15,23H,10-13,16H2,1H3,(H,27,29)/b28-14+. The normalized spacial score (nSPS) is 15.3. The number of nitrogens with one attached hydrogen (secondary N) is 1. The van der Waals surface area contributed by atoms with Gasteiger partial charge in [0.2, 0.25) is 5.91 Å². The number of nitrogens with zero attached hydrogens (tertiary/aromatic N) is 4. The molecule has 1 saturated heterocycles. The first-order valence-electron chi connectivity index (χ1n) is 10.6. The zero-order valence-corrected chi connectivity index (χ0v) is 19.4. The number of aromatic amines is 1. The number of benzene rings is 2. The van der Waals surface area contributed by atoms with E-state index in [9.17, 15) is 9.18 Å². The lowest BCUT2D eigenvalue weighted by Crippen LogP contribution is -2.44. The van der Waals surface area contributed by atoms with Gasteiger partial charge in [0.1, 0.15) is 11.6 Å². The molecule has 1 fully saturated rings. The van der Waals surface area contributed by atoms with Crippen molar-refractivity contribution < 1.29 is 9.18 Å². The van der Waals surface area contributed by atoms with Gasteiger partial charge in [-0.2, -0.15) is 5.10 Å². The van der Waals surface area contributed by atoms with Crippen LogP contribution < -0.4 is 0 Å². The molecule has 0 atom stereocenters. The summed E-state index contributed by atoms with van der Waals surface area (Å²) in [6.45, 7) is 4.05. The van der Waals surface area contributed by atoms with Crippen LogP contribution in [-0.4, -0.2) is 51.1 Å². The van der Waals surface area contributed by atoms with E-state index in [0.29, 0.717) is 0 Å². The molecule has 166 valence electrons. The monoisotopic (exact) mass is 497 g/mol. The molecule has 0 bridgehead atoms. The number of carbonyl (C=O) groups is 1. The van der Waals surface area contributed by atoms with Gasteiger partial charge in [-0.25, -0.2) is 14.4 Å². The Kier molecular flexibility index (Phi) is 7.12. The fourth-order valence-electron chi connectivity index (χ4n) is 3.87. The third-order valence-corrected chi connectivity index (χ3v) is 6.10. The molecule has 2 aromatic carbocycles. The van der Waals surface area contributed by atoms with Gasteiger partial charge in [0.05, 0.1) is 12.3 Å². The minimum absolute atomic E-state index is 0.0469. The molecule has 8 heteroatoms. The van der Waals surface area contributed by atoms with Crippen LogP contribution in [0.15, 0.2) is 64.3 Å². The lowest BCUT2D eigenvalue weighted by atomic mass is 10.0. The van der Waals surface area contributed by atoms with Crippen LogP contribution in [-0.2, 0) is 11.3 Å². The maximum absolute atomic E-state index is 13.1. The van der Waals surface area contributed by atoms with Crippen molar-refractivity contribution in [2.24, 2.45) is 5.10 Å². The van der Waals surface area contributed by atoms with Gasteiger partial charge in [0.15, 0.2) is 0 Å². The largest absolute Gasteiger partial charge is 0.341 e. The van der Waals surface area contributed by atoms with Crippen LogP contribution in [0.1, 0.15) is 31.0 Å². The molecule has 1 amide bonds. The van der Waals surface area contributed by atoms with Crippen molar-refractivity contribution in [3.05, 3.63) is 76.3 Å². The van der Waals surface area contributed by atoms with E-state index in [4.69, 9.17) is 0 Å². The van der Waals surface area contributed by atoms with Crippen molar-refractivity contribution in [1.82, 2.24) is 19.9 Å². The maximum atomic E-state index is 13.1. The molecule has 4 rings (SSSR count). The second kappa shape index (κ2) is 10.2. The van der Waals surface area contributed by atoms with E-state index in [1.165, 1.54) is 12.1 Å². The summed E-state index contributed by atoms with van der Waals surface area (Å²) < 4.78 is 14.1. The third-order valence-electron chi connectivity index (χ3n) is 5.57. The van der Waals surface area contributed by atoms with E-state index in [1.807, 2.05) is 30.5 Å². The molecule has 32 heavy (non-hydrogen) atoms. The topological polar surface area (TPSA) is 64.6 Å². The van der Waals surface area contributed by atoms with E-state index >= 15 is 0 Å². The number of hydrogen-bond donors (Lipinski definition) is 1. The summed E-state index contributed by atoms with van der Waals surface area (Å²) >= 11 is 3.42. The number of piperidine rings is 1. The number of rotatable bonds is 6. The van der Waals surface area contributed by atoms with E-state index in [2.05, 4.69) is 35.9 Å². The lowest BCUT2D eigenvalue weighted by molar-refractivity contribution is -0.132. The molecular formula is C24H25BrFN5O. The fourth-order valence-corrected chi connectivity index (χ4v) is 4.13. The van der Waals surface area contributed by atoms with Crippen LogP contribution in [0.25, 0.3) is 11.4 Å². The van der Waals surface area contributed by atoms with Crippen molar-refractivity contribution in [1.29, 1.82) is 0 Å². The number of amides is 1. The summed E-state index contributed by atoms with van der Waals surface area (Å²) in [6, 6.07) is 14.2. The second-order valence-corrected chi connectivity index (χ2v) is 8.85. The maximum Gasteiger partial charge on any atom is 0.239 e. The number of hydrazone groups is 1. The first kappa shape index (κ1) is 22.4. The highest BCUT2D eigenvalue weighted by Gasteiger charge is 2.26. The molecular weight excluding hydrogens is 473 g/mol. The van der Waals surface area contributed by atoms with Gasteiger partial charge in [-0.15, -0.1) is 0 Å². The Hall–Kier alpha value is -2.84. The molecule has 1 aliphatic heterocycles. The van der Waals surface area contributed by atoms with E-state index < -0.39 is 0 Å². The quantitative estimate of drug-likeness (QED) is 0.392. The zero-order valence-electron chi connectivity index (χ0n) is 17.8. The van der Waals surface area contributed by atoms with E-state index in [1.54, 1.807) is 30.3 Å². The van der Waals surface area contributed by atoms with Crippen molar-refractivity contribution in [2.45, 2.75) is 32.4 Å². The lowest BCUT2D eigenvalue weighted by Gasteiger charge is -2.35. The molecule has 1 aliphatic rings. The van der Waals surface area contributed by atoms with Crippen LogP contribution in [0.4, 0.5) is 4.39 Å². The summed E-state index contributed by atoms with van der Waals surface area (Å²) in [5.41, 5.74) is 2.82. The highest BCUT2D eigenvalue weighted by atomic mass is 79.9. The summed E-state index contributed by atoms with van der Waals surface area (Å²) in [4.78, 5) is 22.3. The van der Waals surface area contributed by atoms with Crippen LogP contribution in [0, 0.1) is 5.82 Å². The Morgan fingerprint density at radius 3 is 2.56 bits per heavy atom. The second-order valence-electron chi connectivity index (χ2n) is 7.93. The molecule has 0 unspecified atom stereocenters. The molecule has 1 aromatic heterocycles. The summed E-state index contributed by atoms with van der Waals surface area (Å²) in [5.74, 6) is 0.429. The average molecular weight is 498 g/mol. The average Bonchev–Trinajstić information content (AvgIpc) is 3.25. The van der Waals surface area contributed by atoms with E-state index in [0.717, 1.165) is 59.6 Å². The molecule has 2 heterocycles. The van der Waals surface area contributed by atoms with Crippen molar-refractivity contribution in [2.75, 3.05) is 13.1 Å². The summed E-state index contributed by atoms with van der Waals surface area (Å²) in [5, 5.41) is 6.09. The van der Waals surface area contributed by atoms with Crippen LogP contribution >= 0.6 is 15.9 Å². The van der Waals surface area contributed by atoms with Crippen molar-refractivity contribution in [3.8, 4) is 11.4 Å². The first-order valence-corrected chi connectivity index (χ1v) is 11.4. The fraction of sp³-hybridized carbons (Fsp3) is 0.292. The molecule has 3 aromatic rings. The number of carbonyl (C=O) groups excluding carboxylic acids is 1. The molecule has 6 nitrogen and oxygen atoms in total. The number of hydrogen-bond acceptors (Lipinski definition) is 4. The van der Waals surface area contributed by atoms with E-state index in [-0.39, 0.29) is 17.8 Å². The highest BCUT2D eigenvalue weighted by molar-refractivity contribution is 9.10. The smallest absolute Gasteiger partial charge is 0.239 e. The minimum Gasteiger partial charge on any atom is -0.341 e. The summed E-state index contributed by atoms with van der Waals surface area (Å²) in [6.07, 6.45) is 5.28. The first-order chi connectivity index (χ1) is 15.5. The van der Waals surface area contributed by atoms with Gasteiger partial charge in [0, 0.05) is 48.5 Å². The number of imidazole rings is 1. The number of H-pyrrole nitrogens is 1. The number of aromatic nitrogens is 2. The van der Waals surface area contributed by atoms with Gasteiger partial charge in [-0.1, -0.05) is 28.1 Å². The molecule has 1 N–H and O–H groups in total. The van der Waals surface area contributed by atoms with Gasteiger partial charge in [0.25, 0.3) is 0 Å². The van der Waals surface area contributed by atoms with Crippen molar-refractivity contribution in [3.63, 3.8) is 0 Å². The predicted octanol–water partition coefficient (Wildman–Crippen LogP) is 4.83. The Balaban J connectivity index is 1.33. The van der Waals surface area contributed by atoms with Crippen LogP contribution in [0.2, 0.25) is 0 Å². The van der Waals surface area contributed by atoms with Crippen LogP contribution in [0.5, 0.6) is 0 Å². The number of halogens is 2.